The fourth-order valence-corrected chi connectivity index (χ4v) is 1.69. The molecule has 0 unspecified atom stereocenters. The molecule has 0 aliphatic heterocycles. The number of nitrogens with zero attached hydrogens (tertiary/aromatic N) is 1. The molecule has 0 aliphatic carbocycles. The first kappa shape index (κ1) is 12.3. The number of aromatic nitrogens is 1. The maximum Gasteiger partial charge on any atom is 0.150 e. The summed E-state index contributed by atoms with van der Waals surface area (Å²) in [5.74, 6) is 1.47. The third-order valence-corrected chi connectivity index (χ3v) is 2.65. The summed E-state index contributed by atoms with van der Waals surface area (Å²) < 4.78 is 5.78. The fraction of sp³-hybridized carbons (Fsp3) is 0.200. The molecular formula is C15H15NO2. The van der Waals surface area contributed by atoms with Crippen LogP contribution in [0.5, 0.6) is 11.5 Å². The van der Waals surface area contributed by atoms with E-state index in [0.717, 1.165) is 29.8 Å². The zero-order valence-electron chi connectivity index (χ0n) is 10.5. The molecule has 3 heteroatoms. The van der Waals surface area contributed by atoms with Crippen LogP contribution in [0.1, 0.15) is 28.7 Å². The Balaban J connectivity index is 2.24. The average Bonchev–Trinajstić information content (AvgIpc) is 2.41. The van der Waals surface area contributed by atoms with Gasteiger partial charge in [-0.2, -0.15) is 0 Å². The first-order valence-electron chi connectivity index (χ1n) is 5.92. The van der Waals surface area contributed by atoms with Crippen LogP contribution >= 0.6 is 0 Å². The minimum Gasteiger partial charge on any atom is -0.455 e. The van der Waals surface area contributed by atoms with E-state index in [4.69, 9.17) is 4.74 Å². The van der Waals surface area contributed by atoms with Crippen molar-refractivity contribution in [3.8, 4) is 11.5 Å². The van der Waals surface area contributed by atoms with E-state index in [1.807, 2.05) is 26.0 Å². The number of pyridine rings is 1. The zero-order chi connectivity index (χ0) is 13.0. The summed E-state index contributed by atoms with van der Waals surface area (Å²) in [5.41, 5.74) is 2.56. The number of aldehydes is 1. The van der Waals surface area contributed by atoms with Crippen LogP contribution in [0, 0.1) is 6.92 Å². The van der Waals surface area contributed by atoms with Crippen molar-refractivity contribution in [3.05, 3.63) is 53.3 Å². The van der Waals surface area contributed by atoms with Gasteiger partial charge in [-0.1, -0.05) is 6.92 Å². The van der Waals surface area contributed by atoms with Crippen molar-refractivity contribution >= 4 is 6.29 Å². The SMILES string of the molecule is CCc1nc(C)ccc1Oc1ccc(C=O)cc1. The van der Waals surface area contributed by atoms with Crippen molar-refractivity contribution in [2.24, 2.45) is 0 Å². The molecule has 92 valence electrons. The lowest BCUT2D eigenvalue weighted by molar-refractivity contribution is 0.112. The number of ether oxygens (including phenoxy) is 1. The normalized spacial score (nSPS) is 10.1. The number of aryl methyl sites for hydroxylation is 2. The molecule has 0 bridgehead atoms. The molecule has 0 amide bonds. The van der Waals surface area contributed by atoms with Crippen LogP contribution < -0.4 is 4.74 Å². The lowest BCUT2D eigenvalue weighted by atomic mass is 10.2. The summed E-state index contributed by atoms with van der Waals surface area (Å²) in [6.07, 6.45) is 1.64. The Kier molecular flexibility index (Phi) is 3.72. The van der Waals surface area contributed by atoms with E-state index in [0.29, 0.717) is 11.3 Å². The Morgan fingerprint density at radius 3 is 2.50 bits per heavy atom. The smallest absolute Gasteiger partial charge is 0.150 e. The van der Waals surface area contributed by atoms with Gasteiger partial charge >= 0.3 is 0 Å². The van der Waals surface area contributed by atoms with Crippen LogP contribution in [0.3, 0.4) is 0 Å². The molecule has 3 nitrogen and oxygen atoms in total. The molecule has 0 saturated heterocycles. The van der Waals surface area contributed by atoms with Gasteiger partial charge in [-0.25, -0.2) is 0 Å². The van der Waals surface area contributed by atoms with E-state index >= 15 is 0 Å². The van der Waals surface area contributed by atoms with Crippen molar-refractivity contribution in [2.45, 2.75) is 20.3 Å². The Hall–Kier alpha value is -2.16. The predicted molar refractivity (Wildman–Crippen MR) is 70.3 cm³/mol. The predicted octanol–water partition coefficient (Wildman–Crippen LogP) is 3.56. The van der Waals surface area contributed by atoms with Crippen molar-refractivity contribution < 1.29 is 9.53 Å². The van der Waals surface area contributed by atoms with E-state index in [1.165, 1.54) is 0 Å². The van der Waals surface area contributed by atoms with Gasteiger partial charge in [-0.3, -0.25) is 9.78 Å². The number of benzene rings is 1. The second-order valence-electron chi connectivity index (χ2n) is 4.04. The molecular weight excluding hydrogens is 226 g/mol. The second-order valence-corrected chi connectivity index (χ2v) is 4.04. The highest BCUT2D eigenvalue weighted by Gasteiger charge is 2.05. The number of rotatable bonds is 4. The molecule has 1 aromatic heterocycles. The summed E-state index contributed by atoms with van der Waals surface area (Å²) in [5, 5.41) is 0. The summed E-state index contributed by atoms with van der Waals surface area (Å²) in [7, 11) is 0. The summed E-state index contributed by atoms with van der Waals surface area (Å²) >= 11 is 0. The highest BCUT2D eigenvalue weighted by Crippen LogP contribution is 2.24. The third-order valence-electron chi connectivity index (χ3n) is 2.65. The number of hydrogen-bond donors (Lipinski definition) is 0. The fourth-order valence-electron chi connectivity index (χ4n) is 1.69. The van der Waals surface area contributed by atoms with Crippen LogP contribution in [0.4, 0.5) is 0 Å². The van der Waals surface area contributed by atoms with Crippen LogP contribution in [-0.4, -0.2) is 11.3 Å². The zero-order valence-corrected chi connectivity index (χ0v) is 10.5. The molecule has 0 N–H and O–H groups in total. The van der Waals surface area contributed by atoms with Crippen LogP contribution in [0.2, 0.25) is 0 Å². The number of carbonyl (C=O) groups excluding carboxylic acids is 1. The Morgan fingerprint density at radius 1 is 1.17 bits per heavy atom. The molecule has 0 atom stereocenters. The lowest BCUT2D eigenvalue weighted by Crippen LogP contribution is -1.95. The molecule has 1 aromatic carbocycles. The molecule has 0 aliphatic rings. The first-order valence-corrected chi connectivity index (χ1v) is 5.92. The van der Waals surface area contributed by atoms with Gasteiger partial charge in [0, 0.05) is 11.3 Å². The van der Waals surface area contributed by atoms with E-state index in [9.17, 15) is 4.79 Å². The third kappa shape index (κ3) is 2.74. The number of hydrogen-bond acceptors (Lipinski definition) is 3. The van der Waals surface area contributed by atoms with Gasteiger partial charge < -0.3 is 4.74 Å². The first-order chi connectivity index (χ1) is 8.72. The van der Waals surface area contributed by atoms with Gasteiger partial charge in [0.05, 0.1) is 5.69 Å². The second kappa shape index (κ2) is 5.45. The standard InChI is InChI=1S/C15H15NO2/c1-3-14-15(9-4-11(2)16-14)18-13-7-5-12(10-17)6-8-13/h4-10H,3H2,1-2H3. The van der Waals surface area contributed by atoms with Gasteiger partial charge in [0.1, 0.15) is 17.8 Å². The van der Waals surface area contributed by atoms with Crippen LogP contribution in [-0.2, 0) is 6.42 Å². The maximum atomic E-state index is 10.6. The molecule has 18 heavy (non-hydrogen) atoms. The molecule has 0 fully saturated rings. The molecule has 0 spiro atoms. The van der Waals surface area contributed by atoms with Gasteiger partial charge in [-0.15, -0.1) is 0 Å². The van der Waals surface area contributed by atoms with Gasteiger partial charge in [-0.05, 0) is 49.7 Å². The van der Waals surface area contributed by atoms with Gasteiger partial charge in [0.15, 0.2) is 0 Å². The largest absolute Gasteiger partial charge is 0.455 e. The summed E-state index contributed by atoms with van der Waals surface area (Å²) in [4.78, 5) is 15.0. The lowest BCUT2D eigenvalue weighted by Gasteiger charge is -2.10. The topological polar surface area (TPSA) is 39.2 Å². The van der Waals surface area contributed by atoms with E-state index in [2.05, 4.69) is 4.98 Å². The summed E-state index contributed by atoms with van der Waals surface area (Å²) in [6, 6.07) is 10.9. The highest BCUT2D eigenvalue weighted by atomic mass is 16.5. The van der Waals surface area contributed by atoms with E-state index in [-0.39, 0.29) is 0 Å². The molecule has 1 heterocycles. The minimum atomic E-state index is 0.639. The van der Waals surface area contributed by atoms with E-state index in [1.54, 1.807) is 24.3 Å². The quantitative estimate of drug-likeness (QED) is 0.768. The molecule has 2 rings (SSSR count). The average molecular weight is 241 g/mol. The van der Waals surface area contributed by atoms with Crippen molar-refractivity contribution in [1.82, 2.24) is 4.98 Å². The number of carbonyl (C=O) groups is 1. The van der Waals surface area contributed by atoms with Gasteiger partial charge in [0.2, 0.25) is 0 Å². The Bertz CT molecular complexity index is 547. The maximum absolute atomic E-state index is 10.6. The van der Waals surface area contributed by atoms with Crippen LogP contribution in [0.15, 0.2) is 36.4 Å². The Labute approximate surface area is 106 Å². The van der Waals surface area contributed by atoms with E-state index < -0.39 is 0 Å². The Morgan fingerprint density at radius 2 is 1.89 bits per heavy atom. The molecule has 2 aromatic rings. The molecule has 0 radical (unpaired) electrons. The highest BCUT2D eigenvalue weighted by molar-refractivity contribution is 5.74. The van der Waals surface area contributed by atoms with Gasteiger partial charge in [0.25, 0.3) is 0 Å². The minimum absolute atomic E-state index is 0.639. The van der Waals surface area contributed by atoms with Crippen molar-refractivity contribution in [1.29, 1.82) is 0 Å². The van der Waals surface area contributed by atoms with Crippen LogP contribution in [0.25, 0.3) is 0 Å². The molecule has 0 saturated carbocycles. The van der Waals surface area contributed by atoms with Crippen molar-refractivity contribution in [2.75, 3.05) is 0 Å². The summed E-state index contributed by atoms with van der Waals surface area (Å²) in [6.45, 7) is 4.01. The monoisotopic (exact) mass is 241 g/mol. The van der Waals surface area contributed by atoms with Crippen molar-refractivity contribution in [3.63, 3.8) is 0 Å².